The minimum Gasteiger partial charge on any atom is -0.332 e. The highest BCUT2D eigenvalue weighted by atomic mass is 32.1. The summed E-state index contributed by atoms with van der Waals surface area (Å²) < 4.78 is 0. The summed E-state index contributed by atoms with van der Waals surface area (Å²) in [7, 11) is 0. The molecule has 0 spiro atoms. The Morgan fingerprint density at radius 2 is 1.20 bits per heavy atom. The van der Waals surface area contributed by atoms with Gasteiger partial charge in [0.25, 0.3) is 0 Å². The quantitative estimate of drug-likeness (QED) is 0.194. The molecule has 0 unspecified atom stereocenters. The molecule has 0 aliphatic rings. The molecule has 152 valence electrons. The van der Waals surface area contributed by atoms with Crippen LogP contribution in [-0.4, -0.2) is 17.6 Å². The fourth-order valence-corrected chi connectivity index (χ4v) is 2.77. The van der Waals surface area contributed by atoms with Gasteiger partial charge >= 0.3 is 6.03 Å². The van der Waals surface area contributed by atoms with Crippen LogP contribution in [0.5, 0.6) is 0 Å². The number of urea groups is 1. The molecule has 0 fully saturated rings. The van der Waals surface area contributed by atoms with E-state index in [1.807, 2.05) is 42.5 Å². The largest absolute Gasteiger partial charge is 0.332 e. The van der Waals surface area contributed by atoms with Crippen molar-refractivity contribution in [3.63, 3.8) is 0 Å². The van der Waals surface area contributed by atoms with Gasteiger partial charge in [0.05, 0.1) is 5.69 Å². The summed E-state index contributed by atoms with van der Waals surface area (Å²) in [6, 6.07) is 23.3. The van der Waals surface area contributed by atoms with Gasteiger partial charge in [-0.1, -0.05) is 24.3 Å². The number of anilines is 5. The van der Waals surface area contributed by atoms with Crippen LogP contribution in [0.4, 0.5) is 33.2 Å². The van der Waals surface area contributed by atoms with E-state index in [4.69, 9.17) is 12.2 Å². The van der Waals surface area contributed by atoms with Gasteiger partial charge in [0, 0.05) is 22.7 Å². The van der Waals surface area contributed by atoms with Crippen LogP contribution in [0.1, 0.15) is 0 Å². The lowest BCUT2D eigenvalue weighted by molar-refractivity contribution is -0.109. The minimum atomic E-state index is -0.385. The minimum absolute atomic E-state index is 0.385. The first-order chi connectivity index (χ1) is 14.6. The third-order valence-corrected chi connectivity index (χ3v) is 4.03. The molecule has 30 heavy (non-hydrogen) atoms. The van der Waals surface area contributed by atoms with Crippen LogP contribution in [0.25, 0.3) is 0 Å². The number of carbonyl (C=O) groups is 2. The Hall–Kier alpha value is -4.11. The summed E-state index contributed by atoms with van der Waals surface area (Å²) in [5.74, 6) is 0. The molecular weight excluding hydrogens is 400 g/mol. The standard InChI is InChI=1S/C21H20N6O2S/c28-14-22-27-17-11-9-16(10-12-17)23-20(29)24-18-7-4-8-19(13-18)26-21(30)25-15-5-2-1-3-6-15/h1-14,27H,(H,22,28)(H2,23,24,29)(H2,25,26,30). The number of hydrazine groups is 1. The van der Waals surface area contributed by atoms with E-state index < -0.39 is 0 Å². The monoisotopic (exact) mass is 420 g/mol. The lowest BCUT2D eigenvalue weighted by Gasteiger charge is -2.12. The second-order valence-electron chi connectivity index (χ2n) is 6.07. The van der Waals surface area contributed by atoms with Gasteiger partial charge in [-0.05, 0) is 66.8 Å². The average molecular weight is 420 g/mol. The van der Waals surface area contributed by atoms with Gasteiger partial charge in [0.15, 0.2) is 5.11 Å². The smallest absolute Gasteiger partial charge is 0.323 e. The predicted molar refractivity (Wildman–Crippen MR) is 125 cm³/mol. The topological polar surface area (TPSA) is 106 Å². The third-order valence-electron chi connectivity index (χ3n) is 3.83. The van der Waals surface area contributed by atoms with E-state index in [-0.39, 0.29) is 6.03 Å². The van der Waals surface area contributed by atoms with E-state index in [0.717, 1.165) is 11.4 Å². The van der Waals surface area contributed by atoms with E-state index in [2.05, 4.69) is 32.1 Å². The summed E-state index contributed by atoms with van der Waals surface area (Å²) in [6.07, 6.45) is 0.535. The summed E-state index contributed by atoms with van der Waals surface area (Å²) in [4.78, 5) is 22.5. The molecule has 0 heterocycles. The van der Waals surface area contributed by atoms with Crippen LogP contribution in [0.2, 0.25) is 0 Å². The van der Waals surface area contributed by atoms with Gasteiger partial charge in [0.2, 0.25) is 6.41 Å². The zero-order valence-corrected chi connectivity index (χ0v) is 16.6. The SMILES string of the molecule is O=CNNc1ccc(NC(=O)Nc2cccc(NC(=S)Nc3ccccc3)c2)cc1. The van der Waals surface area contributed by atoms with Crippen molar-refractivity contribution in [3.05, 3.63) is 78.9 Å². The van der Waals surface area contributed by atoms with Crippen molar-refractivity contribution in [3.8, 4) is 0 Å². The van der Waals surface area contributed by atoms with Gasteiger partial charge in [-0.3, -0.25) is 15.6 Å². The summed E-state index contributed by atoms with van der Waals surface area (Å²) in [5.41, 5.74) is 8.53. The first kappa shape index (κ1) is 20.6. The number of thiocarbonyl (C=S) groups is 1. The van der Waals surface area contributed by atoms with Crippen LogP contribution < -0.4 is 32.1 Å². The van der Waals surface area contributed by atoms with Gasteiger partial charge < -0.3 is 21.3 Å². The maximum Gasteiger partial charge on any atom is 0.323 e. The third kappa shape index (κ3) is 6.50. The van der Waals surface area contributed by atoms with E-state index in [1.54, 1.807) is 36.4 Å². The van der Waals surface area contributed by atoms with Crippen molar-refractivity contribution in [2.75, 3.05) is 26.7 Å². The molecule has 0 aliphatic heterocycles. The molecular formula is C21H20N6O2S. The van der Waals surface area contributed by atoms with Crippen molar-refractivity contribution < 1.29 is 9.59 Å². The number of hydrogen-bond acceptors (Lipinski definition) is 4. The maximum atomic E-state index is 12.3. The highest BCUT2D eigenvalue weighted by molar-refractivity contribution is 7.80. The molecule has 6 N–H and O–H groups in total. The van der Waals surface area contributed by atoms with E-state index in [9.17, 15) is 9.59 Å². The number of benzene rings is 3. The van der Waals surface area contributed by atoms with E-state index >= 15 is 0 Å². The van der Waals surface area contributed by atoms with Gasteiger partial charge in [-0.2, -0.15) is 0 Å². The lowest BCUT2D eigenvalue weighted by Crippen LogP contribution is -2.21. The number of carbonyl (C=O) groups excluding carboxylic acids is 2. The highest BCUT2D eigenvalue weighted by Crippen LogP contribution is 2.17. The Bertz CT molecular complexity index is 1010. The second-order valence-corrected chi connectivity index (χ2v) is 6.48. The summed E-state index contributed by atoms with van der Waals surface area (Å²) in [6.45, 7) is 0. The summed E-state index contributed by atoms with van der Waals surface area (Å²) in [5, 5.41) is 12.1. The van der Waals surface area contributed by atoms with E-state index in [0.29, 0.717) is 28.6 Å². The van der Waals surface area contributed by atoms with Crippen LogP contribution in [0.3, 0.4) is 0 Å². The molecule has 0 aliphatic carbocycles. The van der Waals surface area contributed by atoms with Gasteiger partial charge in [-0.15, -0.1) is 0 Å². The molecule has 0 atom stereocenters. The van der Waals surface area contributed by atoms with Crippen molar-refractivity contribution >= 4 is 58.2 Å². The van der Waals surface area contributed by atoms with Crippen LogP contribution in [0.15, 0.2) is 78.9 Å². The molecule has 9 heteroatoms. The number of hydrogen-bond donors (Lipinski definition) is 6. The zero-order chi connectivity index (χ0) is 21.2. The lowest BCUT2D eigenvalue weighted by atomic mass is 10.2. The van der Waals surface area contributed by atoms with Gasteiger partial charge in [-0.25, -0.2) is 4.79 Å². The molecule has 0 bridgehead atoms. The molecule has 8 nitrogen and oxygen atoms in total. The molecule has 3 aromatic rings. The van der Waals surface area contributed by atoms with Crippen molar-refractivity contribution in [2.24, 2.45) is 0 Å². The molecule has 0 saturated carbocycles. The Balaban J connectivity index is 1.53. The summed E-state index contributed by atoms with van der Waals surface area (Å²) >= 11 is 5.32. The molecule has 0 radical (unpaired) electrons. The fraction of sp³-hybridized carbons (Fsp3) is 0. The molecule has 3 aromatic carbocycles. The highest BCUT2D eigenvalue weighted by Gasteiger charge is 2.05. The number of amides is 3. The Kier molecular flexibility index (Phi) is 7.17. The fourth-order valence-electron chi connectivity index (χ4n) is 2.53. The average Bonchev–Trinajstić information content (AvgIpc) is 2.74. The van der Waals surface area contributed by atoms with Crippen molar-refractivity contribution in [1.82, 2.24) is 5.43 Å². The van der Waals surface area contributed by atoms with Gasteiger partial charge in [0.1, 0.15) is 0 Å². The Morgan fingerprint density at radius 3 is 1.90 bits per heavy atom. The van der Waals surface area contributed by atoms with Crippen molar-refractivity contribution in [1.29, 1.82) is 0 Å². The molecule has 3 rings (SSSR count). The predicted octanol–water partition coefficient (Wildman–Crippen LogP) is 4.21. The number of para-hydroxylation sites is 1. The normalized spacial score (nSPS) is 9.73. The first-order valence-electron chi connectivity index (χ1n) is 8.99. The first-order valence-corrected chi connectivity index (χ1v) is 9.39. The molecule has 3 amide bonds. The maximum absolute atomic E-state index is 12.3. The Labute approximate surface area is 179 Å². The molecule has 0 saturated heterocycles. The zero-order valence-electron chi connectivity index (χ0n) is 15.8. The van der Waals surface area contributed by atoms with Crippen LogP contribution >= 0.6 is 12.2 Å². The number of rotatable bonds is 7. The van der Waals surface area contributed by atoms with Crippen LogP contribution in [0, 0.1) is 0 Å². The number of nitrogens with one attached hydrogen (secondary N) is 6. The Morgan fingerprint density at radius 1 is 0.667 bits per heavy atom. The van der Waals surface area contributed by atoms with Crippen molar-refractivity contribution in [2.45, 2.75) is 0 Å². The van der Waals surface area contributed by atoms with E-state index in [1.165, 1.54) is 0 Å². The van der Waals surface area contributed by atoms with Crippen LogP contribution in [-0.2, 0) is 4.79 Å². The second kappa shape index (κ2) is 10.4. The molecule has 0 aromatic heterocycles.